The van der Waals surface area contributed by atoms with Crippen molar-refractivity contribution in [1.82, 2.24) is 15.1 Å². The summed E-state index contributed by atoms with van der Waals surface area (Å²) >= 11 is 0. The first-order valence-corrected chi connectivity index (χ1v) is 8.59. The fraction of sp³-hybridized carbons (Fsp3) is 1.00. The highest BCUT2D eigenvalue weighted by Crippen LogP contribution is 2.24. The summed E-state index contributed by atoms with van der Waals surface area (Å²) < 4.78 is 0. The summed E-state index contributed by atoms with van der Waals surface area (Å²) in [5.74, 6) is 0.995. The minimum atomic E-state index is 0. The molecule has 0 aromatic heterocycles. The molecule has 0 amide bonds. The van der Waals surface area contributed by atoms with Crippen LogP contribution in [-0.4, -0.2) is 61.7 Å². The molecular formula is C16H33Cl2N3. The van der Waals surface area contributed by atoms with Crippen molar-refractivity contribution >= 4 is 24.8 Å². The third kappa shape index (κ3) is 5.87. The van der Waals surface area contributed by atoms with Gasteiger partial charge < -0.3 is 10.2 Å². The fourth-order valence-electron chi connectivity index (χ4n) is 4.16. The molecule has 0 aromatic rings. The second-order valence-corrected chi connectivity index (χ2v) is 6.80. The third-order valence-corrected chi connectivity index (χ3v) is 5.56. The molecule has 1 saturated carbocycles. The topological polar surface area (TPSA) is 18.5 Å². The lowest BCUT2D eigenvalue weighted by Gasteiger charge is -2.38. The maximum atomic E-state index is 3.47. The molecule has 5 heteroatoms. The molecule has 3 nitrogen and oxygen atoms in total. The number of rotatable bonds is 4. The Hall–Kier alpha value is 0.460. The summed E-state index contributed by atoms with van der Waals surface area (Å²) in [6.07, 6.45) is 10.1. The lowest BCUT2D eigenvalue weighted by Crippen LogP contribution is -2.50. The number of piperazine rings is 1. The zero-order valence-corrected chi connectivity index (χ0v) is 14.9. The van der Waals surface area contributed by atoms with E-state index in [1.54, 1.807) is 0 Å². The third-order valence-electron chi connectivity index (χ3n) is 5.56. The predicted molar refractivity (Wildman–Crippen MR) is 95.0 cm³/mol. The summed E-state index contributed by atoms with van der Waals surface area (Å²) in [5.41, 5.74) is 0. The Balaban J connectivity index is 0.00000110. The van der Waals surface area contributed by atoms with E-state index >= 15 is 0 Å². The highest BCUT2D eigenvalue weighted by molar-refractivity contribution is 5.85. The number of halogens is 2. The molecule has 21 heavy (non-hydrogen) atoms. The van der Waals surface area contributed by atoms with Crippen LogP contribution in [0.2, 0.25) is 0 Å². The number of hydrogen-bond donors (Lipinski definition) is 1. The highest BCUT2D eigenvalue weighted by Gasteiger charge is 2.26. The van der Waals surface area contributed by atoms with E-state index in [0.717, 1.165) is 12.0 Å². The minimum Gasteiger partial charge on any atom is -0.317 e. The van der Waals surface area contributed by atoms with Gasteiger partial charge in [-0.25, -0.2) is 0 Å². The Morgan fingerprint density at radius 3 is 2.05 bits per heavy atom. The van der Waals surface area contributed by atoms with Gasteiger partial charge >= 0.3 is 0 Å². The normalized spacial score (nSPS) is 26.3. The molecule has 1 N–H and O–H groups in total. The van der Waals surface area contributed by atoms with Crippen molar-refractivity contribution in [2.45, 2.75) is 51.0 Å². The van der Waals surface area contributed by atoms with E-state index in [-0.39, 0.29) is 24.8 Å². The number of nitrogens with zero attached hydrogens (tertiary/aromatic N) is 2. The first kappa shape index (κ1) is 19.5. The van der Waals surface area contributed by atoms with Gasteiger partial charge in [0.05, 0.1) is 0 Å². The quantitative estimate of drug-likeness (QED) is 0.850. The molecule has 0 unspecified atom stereocenters. The van der Waals surface area contributed by atoms with E-state index in [0.29, 0.717) is 0 Å². The number of piperidine rings is 1. The smallest absolute Gasteiger partial charge is 0.0113 e. The van der Waals surface area contributed by atoms with Crippen LogP contribution in [0.1, 0.15) is 44.9 Å². The van der Waals surface area contributed by atoms with E-state index in [4.69, 9.17) is 0 Å². The largest absolute Gasteiger partial charge is 0.317 e. The van der Waals surface area contributed by atoms with Crippen LogP contribution < -0.4 is 5.32 Å². The van der Waals surface area contributed by atoms with Crippen molar-refractivity contribution in [2.75, 3.05) is 45.8 Å². The standard InChI is InChI=1S/C16H31N3.2ClH/c1-2-4-16(3-1)19-13-11-18(12-14-19)10-7-15-5-8-17-9-6-15;;/h15-17H,1-14H2;2*1H. The van der Waals surface area contributed by atoms with Crippen molar-refractivity contribution in [3.8, 4) is 0 Å². The summed E-state index contributed by atoms with van der Waals surface area (Å²) in [6.45, 7) is 9.15. The van der Waals surface area contributed by atoms with Gasteiger partial charge in [0, 0.05) is 32.2 Å². The summed E-state index contributed by atoms with van der Waals surface area (Å²) in [4.78, 5) is 5.49. The molecule has 2 saturated heterocycles. The molecule has 0 radical (unpaired) electrons. The Bertz CT molecular complexity index is 258. The Kier molecular flexibility index (Phi) is 9.54. The molecule has 2 aliphatic heterocycles. The van der Waals surface area contributed by atoms with E-state index < -0.39 is 0 Å². The van der Waals surface area contributed by atoms with E-state index in [1.807, 2.05) is 0 Å². The Labute approximate surface area is 143 Å². The van der Waals surface area contributed by atoms with Crippen LogP contribution in [-0.2, 0) is 0 Å². The van der Waals surface area contributed by atoms with E-state index in [2.05, 4.69) is 15.1 Å². The van der Waals surface area contributed by atoms with Gasteiger partial charge in [-0.1, -0.05) is 12.8 Å². The Morgan fingerprint density at radius 1 is 0.810 bits per heavy atom. The first-order valence-electron chi connectivity index (χ1n) is 8.59. The molecule has 1 aliphatic carbocycles. The molecule has 0 atom stereocenters. The van der Waals surface area contributed by atoms with Crippen molar-refractivity contribution in [3.05, 3.63) is 0 Å². The van der Waals surface area contributed by atoms with Gasteiger partial charge in [-0.05, 0) is 57.7 Å². The van der Waals surface area contributed by atoms with Gasteiger partial charge in [0.25, 0.3) is 0 Å². The van der Waals surface area contributed by atoms with Crippen molar-refractivity contribution < 1.29 is 0 Å². The van der Waals surface area contributed by atoms with Gasteiger partial charge in [-0.15, -0.1) is 24.8 Å². The summed E-state index contributed by atoms with van der Waals surface area (Å²) in [5, 5.41) is 3.47. The number of nitrogens with one attached hydrogen (secondary N) is 1. The molecular weight excluding hydrogens is 305 g/mol. The minimum absolute atomic E-state index is 0. The maximum absolute atomic E-state index is 3.47. The van der Waals surface area contributed by atoms with Crippen molar-refractivity contribution in [2.24, 2.45) is 5.92 Å². The average molecular weight is 338 g/mol. The maximum Gasteiger partial charge on any atom is 0.0113 e. The zero-order valence-electron chi connectivity index (χ0n) is 13.3. The zero-order chi connectivity index (χ0) is 12.9. The predicted octanol–water partition coefficient (Wildman–Crippen LogP) is 2.78. The van der Waals surface area contributed by atoms with Gasteiger partial charge in [-0.2, -0.15) is 0 Å². The summed E-state index contributed by atoms with van der Waals surface area (Å²) in [6, 6.07) is 0.937. The van der Waals surface area contributed by atoms with E-state index in [9.17, 15) is 0 Å². The number of hydrogen-bond acceptors (Lipinski definition) is 3. The SMILES string of the molecule is C1CCC(N2CCN(CCC3CCNCC3)CC2)C1.Cl.Cl. The van der Waals surface area contributed by atoms with Crippen LogP contribution in [0.25, 0.3) is 0 Å². The molecule has 126 valence electrons. The lowest BCUT2D eigenvalue weighted by molar-refractivity contribution is 0.0927. The van der Waals surface area contributed by atoms with Crippen molar-refractivity contribution in [1.29, 1.82) is 0 Å². The molecule has 0 bridgehead atoms. The molecule has 3 aliphatic rings. The molecule has 0 spiro atoms. The average Bonchev–Trinajstić information content (AvgIpc) is 3.01. The fourth-order valence-corrected chi connectivity index (χ4v) is 4.16. The second-order valence-electron chi connectivity index (χ2n) is 6.80. The van der Waals surface area contributed by atoms with Gasteiger partial charge in [0.2, 0.25) is 0 Å². The molecule has 3 rings (SSSR count). The van der Waals surface area contributed by atoms with Gasteiger partial charge in [0.15, 0.2) is 0 Å². The van der Waals surface area contributed by atoms with Crippen LogP contribution in [0.5, 0.6) is 0 Å². The highest BCUT2D eigenvalue weighted by atomic mass is 35.5. The van der Waals surface area contributed by atoms with E-state index in [1.165, 1.54) is 90.8 Å². The monoisotopic (exact) mass is 337 g/mol. The summed E-state index contributed by atoms with van der Waals surface area (Å²) in [7, 11) is 0. The van der Waals surface area contributed by atoms with Crippen molar-refractivity contribution in [3.63, 3.8) is 0 Å². The van der Waals surface area contributed by atoms with Crippen LogP contribution in [0.3, 0.4) is 0 Å². The molecule has 0 aromatic carbocycles. The van der Waals surface area contributed by atoms with Crippen LogP contribution in [0, 0.1) is 5.92 Å². The molecule has 2 heterocycles. The van der Waals surface area contributed by atoms with Crippen LogP contribution in [0.4, 0.5) is 0 Å². The van der Waals surface area contributed by atoms with Crippen LogP contribution >= 0.6 is 24.8 Å². The van der Waals surface area contributed by atoms with Gasteiger partial charge in [-0.3, -0.25) is 4.90 Å². The second kappa shape index (κ2) is 10.3. The van der Waals surface area contributed by atoms with Gasteiger partial charge in [0.1, 0.15) is 0 Å². The van der Waals surface area contributed by atoms with Crippen LogP contribution in [0.15, 0.2) is 0 Å². The Morgan fingerprint density at radius 2 is 1.43 bits per heavy atom. The first-order chi connectivity index (χ1) is 9.42. The lowest BCUT2D eigenvalue weighted by atomic mass is 9.94. The molecule has 3 fully saturated rings.